The summed E-state index contributed by atoms with van der Waals surface area (Å²) in [6, 6.07) is 6.14. The zero-order chi connectivity index (χ0) is 15.2. The van der Waals surface area contributed by atoms with Crippen LogP contribution in [-0.4, -0.2) is 38.6 Å². The Morgan fingerprint density at radius 2 is 1.73 bits per heavy atom. The van der Waals surface area contributed by atoms with Crippen LogP contribution in [0.2, 0.25) is 0 Å². The van der Waals surface area contributed by atoms with Crippen LogP contribution in [0.25, 0.3) is 0 Å². The van der Waals surface area contributed by atoms with Crippen molar-refractivity contribution in [3.05, 3.63) is 23.8 Å². The summed E-state index contributed by atoms with van der Waals surface area (Å²) in [7, 11) is 0. The molecule has 2 unspecified atom stereocenters. The summed E-state index contributed by atoms with van der Waals surface area (Å²) in [5.41, 5.74) is 1.24. The van der Waals surface area contributed by atoms with Gasteiger partial charge in [0.05, 0.1) is 13.2 Å². The van der Waals surface area contributed by atoms with Gasteiger partial charge in [0.2, 0.25) is 0 Å². The first-order valence-electron chi connectivity index (χ1n) is 8.47. The third kappa shape index (κ3) is 5.18. The molecule has 2 saturated heterocycles. The Morgan fingerprint density at radius 3 is 2.41 bits per heavy atom. The minimum Gasteiger partial charge on any atom is -0.491 e. The molecule has 0 bridgehead atoms. The topological polar surface area (TPSA) is 43.5 Å². The molecular weight excluding hydrogens is 280 g/mol. The first-order valence-corrected chi connectivity index (χ1v) is 8.47. The van der Waals surface area contributed by atoms with Crippen LogP contribution in [0.4, 0.5) is 0 Å². The molecule has 1 aromatic carbocycles. The molecular formula is C18H26O4. The highest BCUT2D eigenvalue weighted by molar-refractivity contribution is 5.40. The second kappa shape index (κ2) is 7.84. The van der Waals surface area contributed by atoms with Crippen molar-refractivity contribution in [1.82, 2.24) is 0 Å². The van der Waals surface area contributed by atoms with E-state index in [-0.39, 0.29) is 12.2 Å². The Hall–Kier alpha value is -1.26. The SMILES string of the molecule is CCCCCCc1cc(OCC2CO2)ccc1OCC1CO1. The molecule has 4 nitrogen and oxygen atoms in total. The van der Waals surface area contributed by atoms with E-state index in [1.165, 1.54) is 31.2 Å². The number of rotatable bonds is 11. The van der Waals surface area contributed by atoms with E-state index in [4.69, 9.17) is 18.9 Å². The lowest BCUT2D eigenvalue weighted by Crippen LogP contribution is -2.07. The lowest BCUT2D eigenvalue weighted by atomic mass is 10.0. The van der Waals surface area contributed by atoms with E-state index >= 15 is 0 Å². The molecule has 2 aliphatic rings. The van der Waals surface area contributed by atoms with E-state index in [2.05, 4.69) is 13.0 Å². The third-order valence-electron chi connectivity index (χ3n) is 4.00. The van der Waals surface area contributed by atoms with Crippen molar-refractivity contribution in [1.29, 1.82) is 0 Å². The molecule has 0 saturated carbocycles. The van der Waals surface area contributed by atoms with Gasteiger partial charge in [-0.25, -0.2) is 0 Å². The van der Waals surface area contributed by atoms with Gasteiger partial charge in [-0.1, -0.05) is 26.2 Å². The zero-order valence-electron chi connectivity index (χ0n) is 13.4. The van der Waals surface area contributed by atoms with Gasteiger partial charge in [0.15, 0.2) is 0 Å². The van der Waals surface area contributed by atoms with Crippen molar-refractivity contribution in [3.63, 3.8) is 0 Å². The Labute approximate surface area is 132 Å². The smallest absolute Gasteiger partial charge is 0.122 e. The minimum atomic E-state index is 0.288. The average Bonchev–Trinajstić information content (AvgIpc) is 3.42. The first-order chi connectivity index (χ1) is 10.8. The van der Waals surface area contributed by atoms with E-state index < -0.39 is 0 Å². The summed E-state index contributed by atoms with van der Waals surface area (Å²) in [5.74, 6) is 1.89. The molecule has 0 N–H and O–H groups in total. The lowest BCUT2D eigenvalue weighted by Gasteiger charge is -2.13. The van der Waals surface area contributed by atoms with Crippen LogP contribution in [0.5, 0.6) is 11.5 Å². The fraction of sp³-hybridized carbons (Fsp3) is 0.667. The second-order valence-corrected chi connectivity index (χ2v) is 6.11. The maximum absolute atomic E-state index is 5.91. The summed E-state index contributed by atoms with van der Waals surface area (Å²) in [6.07, 6.45) is 6.63. The summed E-state index contributed by atoms with van der Waals surface area (Å²) >= 11 is 0. The fourth-order valence-corrected chi connectivity index (χ4v) is 2.42. The molecule has 0 aromatic heterocycles. The van der Waals surface area contributed by atoms with Crippen LogP contribution in [0.1, 0.15) is 38.2 Å². The van der Waals surface area contributed by atoms with Crippen LogP contribution >= 0.6 is 0 Å². The maximum Gasteiger partial charge on any atom is 0.122 e. The van der Waals surface area contributed by atoms with Gasteiger partial charge in [-0.05, 0) is 36.6 Å². The Bertz CT molecular complexity index is 466. The van der Waals surface area contributed by atoms with Crippen LogP contribution < -0.4 is 9.47 Å². The first kappa shape index (κ1) is 15.6. The van der Waals surface area contributed by atoms with Gasteiger partial charge >= 0.3 is 0 Å². The Balaban J connectivity index is 1.57. The Kier molecular flexibility index (Phi) is 5.57. The van der Waals surface area contributed by atoms with Crippen LogP contribution in [0, 0.1) is 0 Å². The van der Waals surface area contributed by atoms with E-state index in [1.54, 1.807) is 0 Å². The molecule has 0 spiro atoms. The molecule has 0 radical (unpaired) electrons. The van der Waals surface area contributed by atoms with Crippen LogP contribution in [-0.2, 0) is 15.9 Å². The van der Waals surface area contributed by atoms with Crippen molar-refractivity contribution in [2.24, 2.45) is 0 Å². The van der Waals surface area contributed by atoms with Crippen molar-refractivity contribution >= 4 is 0 Å². The number of benzene rings is 1. The number of unbranched alkanes of at least 4 members (excludes halogenated alkanes) is 3. The summed E-state index contributed by atoms with van der Waals surface area (Å²) in [5, 5.41) is 0. The monoisotopic (exact) mass is 306 g/mol. The number of hydrogen-bond acceptors (Lipinski definition) is 4. The molecule has 122 valence electrons. The lowest BCUT2D eigenvalue weighted by molar-refractivity contribution is 0.255. The number of hydrogen-bond donors (Lipinski definition) is 0. The summed E-state index contributed by atoms with van der Waals surface area (Å²) < 4.78 is 22.1. The highest BCUT2D eigenvalue weighted by Gasteiger charge is 2.24. The van der Waals surface area contributed by atoms with Gasteiger partial charge in [0.1, 0.15) is 36.9 Å². The van der Waals surface area contributed by atoms with Crippen LogP contribution in [0.3, 0.4) is 0 Å². The van der Waals surface area contributed by atoms with Gasteiger partial charge in [0, 0.05) is 0 Å². The normalized spacial score (nSPS) is 22.4. The number of ether oxygens (including phenoxy) is 4. The second-order valence-electron chi connectivity index (χ2n) is 6.11. The minimum absolute atomic E-state index is 0.288. The molecule has 1 aromatic rings. The van der Waals surface area contributed by atoms with Crippen molar-refractivity contribution in [2.75, 3.05) is 26.4 Å². The van der Waals surface area contributed by atoms with E-state index in [0.29, 0.717) is 13.2 Å². The summed E-state index contributed by atoms with van der Waals surface area (Å²) in [6.45, 7) is 5.18. The molecule has 0 amide bonds. The standard InChI is InChI=1S/C18H26O4/c1-2-3-4-5-6-14-9-15(19-10-16-11-20-16)7-8-18(14)22-13-17-12-21-17/h7-9,16-17H,2-6,10-13H2,1H3. The van der Waals surface area contributed by atoms with E-state index in [0.717, 1.165) is 31.1 Å². The largest absolute Gasteiger partial charge is 0.491 e. The van der Waals surface area contributed by atoms with Gasteiger partial charge in [-0.3, -0.25) is 0 Å². The molecule has 2 aliphatic heterocycles. The fourth-order valence-electron chi connectivity index (χ4n) is 2.42. The van der Waals surface area contributed by atoms with E-state index in [9.17, 15) is 0 Å². The molecule has 0 aliphatic carbocycles. The molecule has 2 heterocycles. The van der Waals surface area contributed by atoms with Gasteiger partial charge < -0.3 is 18.9 Å². The molecule has 2 fully saturated rings. The highest BCUT2D eigenvalue weighted by Crippen LogP contribution is 2.28. The van der Waals surface area contributed by atoms with Gasteiger partial charge in [-0.2, -0.15) is 0 Å². The maximum atomic E-state index is 5.91. The number of epoxide rings is 2. The van der Waals surface area contributed by atoms with Crippen molar-refractivity contribution in [2.45, 2.75) is 51.2 Å². The van der Waals surface area contributed by atoms with Gasteiger partial charge in [-0.15, -0.1) is 0 Å². The quantitative estimate of drug-likeness (QED) is 0.464. The van der Waals surface area contributed by atoms with Crippen LogP contribution in [0.15, 0.2) is 18.2 Å². The predicted molar refractivity (Wildman–Crippen MR) is 84.8 cm³/mol. The van der Waals surface area contributed by atoms with E-state index in [1.807, 2.05) is 12.1 Å². The average molecular weight is 306 g/mol. The van der Waals surface area contributed by atoms with Crippen molar-refractivity contribution < 1.29 is 18.9 Å². The van der Waals surface area contributed by atoms with Gasteiger partial charge in [0.25, 0.3) is 0 Å². The third-order valence-corrected chi connectivity index (χ3v) is 4.00. The highest BCUT2D eigenvalue weighted by atomic mass is 16.6. The molecule has 22 heavy (non-hydrogen) atoms. The van der Waals surface area contributed by atoms with Crippen molar-refractivity contribution in [3.8, 4) is 11.5 Å². The Morgan fingerprint density at radius 1 is 1.00 bits per heavy atom. The molecule has 3 rings (SSSR count). The number of aryl methyl sites for hydroxylation is 1. The molecule has 4 heteroatoms. The summed E-state index contributed by atoms with van der Waals surface area (Å²) in [4.78, 5) is 0. The molecule has 2 atom stereocenters. The zero-order valence-corrected chi connectivity index (χ0v) is 13.4. The predicted octanol–water partition coefficient (Wildman–Crippen LogP) is 3.36.